The molecule has 3 aromatic rings. The number of nitro benzene ring substituents is 1. The van der Waals surface area contributed by atoms with E-state index in [0.29, 0.717) is 17.6 Å². The molecule has 0 radical (unpaired) electrons. The Labute approximate surface area is 148 Å². The van der Waals surface area contributed by atoms with Gasteiger partial charge in [0.05, 0.1) is 10.4 Å². The lowest BCUT2D eigenvalue weighted by Crippen LogP contribution is -2.15. The molecule has 1 aromatic heterocycles. The van der Waals surface area contributed by atoms with Gasteiger partial charge >= 0.3 is 0 Å². The van der Waals surface area contributed by atoms with Crippen LogP contribution >= 0.6 is 0 Å². The highest BCUT2D eigenvalue weighted by atomic mass is 16.6. The fraction of sp³-hybridized carbons (Fsp3) is 0.158. The van der Waals surface area contributed by atoms with Crippen molar-refractivity contribution >= 4 is 28.2 Å². The minimum atomic E-state index is -0.550. The first-order chi connectivity index (χ1) is 12.4. The number of nitrogens with one attached hydrogen (secondary N) is 2. The molecule has 132 valence electrons. The van der Waals surface area contributed by atoms with Crippen LogP contribution in [0.15, 0.2) is 47.3 Å². The molecule has 0 aliphatic heterocycles. The third-order valence-corrected chi connectivity index (χ3v) is 4.33. The van der Waals surface area contributed by atoms with Crippen LogP contribution in [0.2, 0.25) is 0 Å². The van der Waals surface area contributed by atoms with E-state index in [1.165, 1.54) is 24.3 Å². The topological polar surface area (TPSA) is 105 Å². The van der Waals surface area contributed by atoms with Gasteiger partial charge in [-0.15, -0.1) is 0 Å². The van der Waals surface area contributed by atoms with Gasteiger partial charge in [0.25, 0.3) is 17.2 Å². The summed E-state index contributed by atoms with van der Waals surface area (Å²) in [5.74, 6) is -0.461. The average Bonchev–Trinajstić information content (AvgIpc) is 2.62. The zero-order valence-corrected chi connectivity index (χ0v) is 14.3. The van der Waals surface area contributed by atoms with Gasteiger partial charge in [-0.2, -0.15) is 0 Å². The summed E-state index contributed by atoms with van der Waals surface area (Å²) < 4.78 is 0. The van der Waals surface area contributed by atoms with Crippen LogP contribution in [-0.2, 0) is 6.42 Å². The van der Waals surface area contributed by atoms with Crippen molar-refractivity contribution in [2.45, 2.75) is 20.3 Å². The Bertz CT molecular complexity index is 1090. The Morgan fingerprint density at radius 1 is 1.23 bits per heavy atom. The Kier molecular flexibility index (Phi) is 4.53. The standard InChI is InChI=1S/C19H17N3O4/c1-3-15-11(2)16-8-7-13(10-17(16)21-19(15)24)20-18(23)12-5-4-6-14(9-12)22(25)26/h4-10H,3H2,1-2H3,(H,20,23)(H,21,24). The van der Waals surface area contributed by atoms with Crippen LogP contribution in [0, 0.1) is 17.0 Å². The Hall–Kier alpha value is -3.48. The fourth-order valence-corrected chi connectivity index (χ4v) is 2.97. The van der Waals surface area contributed by atoms with E-state index < -0.39 is 10.8 Å². The monoisotopic (exact) mass is 351 g/mol. The van der Waals surface area contributed by atoms with Crippen molar-refractivity contribution in [3.63, 3.8) is 0 Å². The minimum absolute atomic E-state index is 0.139. The van der Waals surface area contributed by atoms with E-state index in [4.69, 9.17) is 0 Å². The molecule has 0 bridgehead atoms. The third kappa shape index (κ3) is 3.19. The average molecular weight is 351 g/mol. The number of carbonyl (C=O) groups excluding carboxylic acids is 1. The molecule has 1 amide bonds. The first-order valence-electron chi connectivity index (χ1n) is 8.12. The SMILES string of the molecule is CCc1c(C)c2ccc(NC(=O)c3cccc([N+](=O)[O-])c3)cc2[nH]c1=O. The van der Waals surface area contributed by atoms with Crippen molar-refractivity contribution in [1.29, 1.82) is 0 Å². The normalized spacial score (nSPS) is 10.7. The second-order valence-electron chi connectivity index (χ2n) is 5.93. The molecule has 7 nitrogen and oxygen atoms in total. The number of benzene rings is 2. The third-order valence-electron chi connectivity index (χ3n) is 4.33. The number of amides is 1. The summed E-state index contributed by atoms with van der Waals surface area (Å²) in [6.45, 7) is 3.83. The Morgan fingerprint density at radius 3 is 2.69 bits per heavy atom. The van der Waals surface area contributed by atoms with E-state index in [2.05, 4.69) is 10.3 Å². The molecule has 26 heavy (non-hydrogen) atoms. The maximum atomic E-state index is 12.4. The first kappa shape index (κ1) is 17.3. The maximum absolute atomic E-state index is 12.4. The number of rotatable bonds is 4. The largest absolute Gasteiger partial charge is 0.322 e. The summed E-state index contributed by atoms with van der Waals surface area (Å²) in [6, 6.07) is 10.8. The summed E-state index contributed by atoms with van der Waals surface area (Å²) >= 11 is 0. The Morgan fingerprint density at radius 2 is 2.00 bits per heavy atom. The number of aromatic nitrogens is 1. The molecule has 0 aliphatic rings. The molecule has 0 atom stereocenters. The van der Waals surface area contributed by atoms with Gasteiger partial charge in [0.2, 0.25) is 0 Å². The number of anilines is 1. The number of aryl methyl sites for hydroxylation is 1. The molecule has 0 aliphatic carbocycles. The van der Waals surface area contributed by atoms with Gasteiger partial charge in [0.1, 0.15) is 0 Å². The van der Waals surface area contributed by atoms with Gasteiger partial charge in [0, 0.05) is 34.3 Å². The molecule has 2 N–H and O–H groups in total. The number of aromatic amines is 1. The lowest BCUT2D eigenvalue weighted by molar-refractivity contribution is -0.384. The molecular formula is C19H17N3O4. The quantitative estimate of drug-likeness (QED) is 0.554. The molecule has 0 unspecified atom stereocenters. The molecule has 0 fully saturated rings. The van der Waals surface area contributed by atoms with Crippen LogP contribution in [0.1, 0.15) is 28.4 Å². The van der Waals surface area contributed by atoms with Crippen LogP contribution in [0.3, 0.4) is 0 Å². The summed E-state index contributed by atoms with van der Waals surface area (Å²) in [6.07, 6.45) is 0.641. The van der Waals surface area contributed by atoms with E-state index in [9.17, 15) is 19.7 Å². The van der Waals surface area contributed by atoms with Crippen molar-refractivity contribution in [2.75, 3.05) is 5.32 Å². The van der Waals surface area contributed by atoms with Crippen molar-refractivity contribution in [2.24, 2.45) is 0 Å². The zero-order chi connectivity index (χ0) is 18.8. The number of fused-ring (bicyclic) bond motifs is 1. The van der Waals surface area contributed by atoms with Crippen LogP contribution in [0.25, 0.3) is 10.9 Å². The second-order valence-corrected chi connectivity index (χ2v) is 5.93. The second kappa shape index (κ2) is 6.79. The number of carbonyl (C=O) groups is 1. The minimum Gasteiger partial charge on any atom is -0.322 e. The highest BCUT2D eigenvalue weighted by Crippen LogP contribution is 2.22. The highest BCUT2D eigenvalue weighted by Gasteiger charge is 2.13. The van der Waals surface area contributed by atoms with Gasteiger partial charge in [-0.05, 0) is 37.1 Å². The molecule has 1 heterocycles. The van der Waals surface area contributed by atoms with E-state index in [1.807, 2.05) is 19.9 Å². The van der Waals surface area contributed by atoms with E-state index in [1.54, 1.807) is 12.1 Å². The predicted octanol–water partition coefficient (Wildman–Crippen LogP) is 3.56. The number of non-ortho nitro benzene ring substituents is 1. The number of nitrogens with zero attached hydrogens (tertiary/aromatic N) is 1. The summed E-state index contributed by atoms with van der Waals surface area (Å²) in [4.78, 5) is 37.6. The number of nitro groups is 1. The zero-order valence-electron chi connectivity index (χ0n) is 14.3. The number of H-pyrrole nitrogens is 1. The van der Waals surface area contributed by atoms with Crippen LogP contribution in [-0.4, -0.2) is 15.8 Å². The molecule has 0 saturated heterocycles. The van der Waals surface area contributed by atoms with E-state index >= 15 is 0 Å². The lowest BCUT2D eigenvalue weighted by Gasteiger charge is -2.10. The van der Waals surface area contributed by atoms with Crippen LogP contribution in [0.5, 0.6) is 0 Å². The predicted molar refractivity (Wildman–Crippen MR) is 99.7 cm³/mol. The summed E-state index contributed by atoms with van der Waals surface area (Å²) in [5.41, 5.74) is 2.68. The van der Waals surface area contributed by atoms with Crippen molar-refractivity contribution < 1.29 is 9.72 Å². The molecule has 0 saturated carbocycles. The Balaban J connectivity index is 1.94. The van der Waals surface area contributed by atoms with Crippen LogP contribution < -0.4 is 10.9 Å². The van der Waals surface area contributed by atoms with Gasteiger partial charge in [0.15, 0.2) is 0 Å². The molecular weight excluding hydrogens is 334 g/mol. The fourth-order valence-electron chi connectivity index (χ4n) is 2.97. The molecule has 0 spiro atoms. The highest BCUT2D eigenvalue weighted by molar-refractivity contribution is 6.05. The number of pyridine rings is 1. The number of hydrogen-bond acceptors (Lipinski definition) is 4. The molecule has 7 heteroatoms. The van der Waals surface area contributed by atoms with E-state index in [-0.39, 0.29) is 16.8 Å². The summed E-state index contributed by atoms with van der Waals surface area (Å²) in [7, 11) is 0. The van der Waals surface area contributed by atoms with Gasteiger partial charge in [-0.1, -0.05) is 19.1 Å². The molecule has 3 rings (SSSR count). The molecule has 2 aromatic carbocycles. The first-order valence-corrected chi connectivity index (χ1v) is 8.12. The van der Waals surface area contributed by atoms with Crippen molar-refractivity contribution in [1.82, 2.24) is 4.98 Å². The van der Waals surface area contributed by atoms with Gasteiger partial charge in [-0.3, -0.25) is 19.7 Å². The van der Waals surface area contributed by atoms with Crippen molar-refractivity contribution in [3.05, 3.63) is 79.6 Å². The number of hydrogen-bond donors (Lipinski definition) is 2. The van der Waals surface area contributed by atoms with Crippen LogP contribution in [0.4, 0.5) is 11.4 Å². The van der Waals surface area contributed by atoms with Crippen molar-refractivity contribution in [3.8, 4) is 0 Å². The lowest BCUT2D eigenvalue weighted by atomic mass is 10.0. The maximum Gasteiger partial charge on any atom is 0.270 e. The van der Waals surface area contributed by atoms with Gasteiger partial charge < -0.3 is 10.3 Å². The van der Waals surface area contributed by atoms with Gasteiger partial charge in [-0.25, -0.2) is 0 Å². The summed E-state index contributed by atoms with van der Waals surface area (Å²) in [5, 5.41) is 14.4. The van der Waals surface area contributed by atoms with E-state index in [0.717, 1.165) is 16.5 Å². The smallest absolute Gasteiger partial charge is 0.270 e.